The lowest BCUT2D eigenvalue weighted by Gasteiger charge is -2.07. The molecule has 23 heavy (non-hydrogen) atoms. The van der Waals surface area contributed by atoms with E-state index in [1.807, 2.05) is 6.26 Å². The number of thioether (sulfide) groups is 1. The Hall–Kier alpha value is -2.74. The standard InChI is InChI=1S/C15H14N2O5S/c1-23-11-6-4-10(5-7-11)15(20)22-9-13(18)16-17-14(19)12-3-2-8-21-12/h2-8H,9H2,1H3,(H,16,18)(H,17,19). The summed E-state index contributed by atoms with van der Waals surface area (Å²) in [5, 5.41) is 0. The Morgan fingerprint density at radius 1 is 1.13 bits per heavy atom. The molecule has 0 saturated heterocycles. The molecule has 2 rings (SSSR count). The van der Waals surface area contributed by atoms with E-state index in [1.54, 1.807) is 42.1 Å². The fourth-order valence-corrected chi connectivity index (χ4v) is 1.98. The van der Waals surface area contributed by atoms with Crippen LogP contribution in [0.15, 0.2) is 52.0 Å². The van der Waals surface area contributed by atoms with Gasteiger partial charge in [-0.1, -0.05) is 0 Å². The maximum absolute atomic E-state index is 11.8. The number of ether oxygens (including phenoxy) is 1. The highest BCUT2D eigenvalue weighted by atomic mass is 32.2. The minimum atomic E-state index is -0.668. The van der Waals surface area contributed by atoms with Gasteiger partial charge in [-0.3, -0.25) is 20.4 Å². The number of benzene rings is 1. The van der Waals surface area contributed by atoms with E-state index in [-0.39, 0.29) is 5.76 Å². The minimum Gasteiger partial charge on any atom is -0.459 e. The molecule has 0 fully saturated rings. The highest BCUT2D eigenvalue weighted by Crippen LogP contribution is 2.15. The molecule has 0 radical (unpaired) electrons. The number of esters is 1. The summed E-state index contributed by atoms with van der Waals surface area (Å²) in [5.74, 6) is -1.84. The van der Waals surface area contributed by atoms with E-state index in [9.17, 15) is 14.4 Å². The van der Waals surface area contributed by atoms with Gasteiger partial charge in [0.05, 0.1) is 11.8 Å². The van der Waals surface area contributed by atoms with Crippen LogP contribution in [0, 0.1) is 0 Å². The van der Waals surface area contributed by atoms with Crippen molar-refractivity contribution < 1.29 is 23.5 Å². The minimum absolute atomic E-state index is 0.0520. The number of amides is 2. The van der Waals surface area contributed by atoms with E-state index in [2.05, 4.69) is 10.9 Å². The molecule has 2 N–H and O–H groups in total. The molecule has 8 heteroatoms. The molecular weight excluding hydrogens is 320 g/mol. The van der Waals surface area contributed by atoms with Gasteiger partial charge in [0.1, 0.15) is 0 Å². The first-order chi connectivity index (χ1) is 11.1. The number of carbonyl (C=O) groups excluding carboxylic acids is 3. The largest absolute Gasteiger partial charge is 0.459 e. The first kappa shape index (κ1) is 16.6. The molecule has 0 aliphatic carbocycles. The molecule has 1 aromatic heterocycles. The zero-order valence-corrected chi connectivity index (χ0v) is 13.0. The number of hydrazine groups is 1. The van der Waals surface area contributed by atoms with Crippen molar-refractivity contribution in [2.75, 3.05) is 12.9 Å². The Morgan fingerprint density at radius 2 is 1.87 bits per heavy atom. The van der Waals surface area contributed by atoms with Gasteiger partial charge in [0, 0.05) is 4.90 Å². The molecule has 2 amide bonds. The van der Waals surface area contributed by atoms with Gasteiger partial charge < -0.3 is 9.15 Å². The molecule has 0 aliphatic rings. The van der Waals surface area contributed by atoms with Crippen LogP contribution in [0.3, 0.4) is 0 Å². The quantitative estimate of drug-likeness (QED) is 0.490. The van der Waals surface area contributed by atoms with Crippen molar-refractivity contribution in [3.8, 4) is 0 Å². The molecule has 1 heterocycles. The normalized spacial score (nSPS) is 9.96. The van der Waals surface area contributed by atoms with E-state index < -0.39 is 24.4 Å². The van der Waals surface area contributed by atoms with Crippen LogP contribution in [0.2, 0.25) is 0 Å². The lowest BCUT2D eigenvalue weighted by atomic mass is 10.2. The predicted octanol–water partition coefficient (Wildman–Crippen LogP) is 1.62. The number of hydrogen-bond donors (Lipinski definition) is 2. The second-order valence-corrected chi connectivity index (χ2v) is 5.16. The molecule has 0 saturated carbocycles. The molecule has 0 spiro atoms. The van der Waals surface area contributed by atoms with Crippen LogP contribution in [0.5, 0.6) is 0 Å². The number of nitrogens with one attached hydrogen (secondary N) is 2. The molecule has 0 unspecified atom stereocenters. The van der Waals surface area contributed by atoms with E-state index in [0.29, 0.717) is 5.56 Å². The third kappa shape index (κ3) is 4.89. The molecular formula is C15H14N2O5S. The van der Waals surface area contributed by atoms with Crippen LogP contribution >= 0.6 is 11.8 Å². The van der Waals surface area contributed by atoms with Crippen molar-refractivity contribution in [3.63, 3.8) is 0 Å². The number of hydrogen-bond acceptors (Lipinski definition) is 6. The van der Waals surface area contributed by atoms with E-state index in [4.69, 9.17) is 9.15 Å². The molecule has 0 atom stereocenters. The van der Waals surface area contributed by atoms with E-state index in [1.165, 1.54) is 12.3 Å². The van der Waals surface area contributed by atoms with Crippen LogP contribution in [0.4, 0.5) is 0 Å². The maximum Gasteiger partial charge on any atom is 0.338 e. The summed E-state index contributed by atoms with van der Waals surface area (Å²) < 4.78 is 9.71. The average Bonchev–Trinajstić information content (AvgIpc) is 3.12. The molecule has 0 aliphatic heterocycles. The average molecular weight is 334 g/mol. The number of carbonyl (C=O) groups is 3. The highest BCUT2D eigenvalue weighted by molar-refractivity contribution is 7.98. The monoisotopic (exact) mass is 334 g/mol. The highest BCUT2D eigenvalue weighted by Gasteiger charge is 2.12. The summed E-state index contributed by atoms with van der Waals surface area (Å²) >= 11 is 1.55. The third-order valence-electron chi connectivity index (χ3n) is 2.72. The van der Waals surface area contributed by atoms with Gasteiger partial charge in [-0.2, -0.15) is 0 Å². The Bertz CT molecular complexity index is 682. The summed E-state index contributed by atoms with van der Waals surface area (Å²) in [7, 11) is 0. The second kappa shape index (κ2) is 8.04. The van der Waals surface area contributed by atoms with Crippen LogP contribution in [-0.4, -0.2) is 30.6 Å². The topological polar surface area (TPSA) is 97.6 Å². The van der Waals surface area contributed by atoms with E-state index in [0.717, 1.165) is 4.90 Å². The smallest absolute Gasteiger partial charge is 0.338 e. The summed E-state index contributed by atoms with van der Waals surface area (Å²) in [6, 6.07) is 9.78. The van der Waals surface area contributed by atoms with Crippen molar-refractivity contribution in [2.24, 2.45) is 0 Å². The van der Waals surface area contributed by atoms with Gasteiger partial charge in [0.2, 0.25) is 0 Å². The molecule has 1 aromatic carbocycles. The van der Waals surface area contributed by atoms with Crippen molar-refractivity contribution >= 4 is 29.5 Å². The van der Waals surface area contributed by atoms with Gasteiger partial charge in [0.25, 0.3) is 5.91 Å². The zero-order chi connectivity index (χ0) is 16.7. The van der Waals surface area contributed by atoms with Crippen molar-refractivity contribution in [1.82, 2.24) is 10.9 Å². The van der Waals surface area contributed by atoms with Gasteiger partial charge in [0.15, 0.2) is 12.4 Å². The van der Waals surface area contributed by atoms with Crippen LogP contribution in [0.1, 0.15) is 20.9 Å². The first-order valence-corrected chi connectivity index (χ1v) is 7.76. The van der Waals surface area contributed by atoms with Crippen LogP contribution in [0.25, 0.3) is 0 Å². The first-order valence-electron chi connectivity index (χ1n) is 6.54. The van der Waals surface area contributed by atoms with Gasteiger partial charge in [-0.15, -0.1) is 11.8 Å². The second-order valence-electron chi connectivity index (χ2n) is 4.28. The van der Waals surface area contributed by atoms with Crippen LogP contribution < -0.4 is 10.9 Å². The lowest BCUT2D eigenvalue weighted by molar-refractivity contribution is -0.125. The van der Waals surface area contributed by atoms with Gasteiger partial charge >= 0.3 is 11.9 Å². The SMILES string of the molecule is CSc1ccc(C(=O)OCC(=O)NNC(=O)c2ccco2)cc1. The number of rotatable bonds is 5. The zero-order valence-electron chi connectivity index (χ0n) is 12.2. The summed E-state index contributed by atoms with van der Waals surface area (Å²) in [6.45, 7) is -0.512. The molecule has 7 nitrogen and oxygen atoms in total. The Labute approximate surface area is 136 Å². The summed E-state index contributed by atoms with van der Waals surface area (Å²) in [5.41, 5.74) is 4.60. The van der Waals surface area contributed by atoms with Crippen molar-refractivity contribution in [3.05, 3.63) is 54.0 Å². The molecule has 2 aromatic rings. The molecule has 0 bridgehead atoms. The van der Waals surface area contributed by atoms with Gasteiger partial charge in [-0.05, 0) is 42.7 Å². The fourth-order valence-electron chi connectivity index (χ4n) is 1.57. The van der Waals surface area contributed by atoms with E-state index >= 15 is 0 Å². The van der Waals surface area contributed by atoms with Gasteiger partial charge in [-0.25, -0.2) is 4.79 Å². The summed E-state index contributed by atoms with van der Waals surface area (Å²) in [6.07, 6.45) is 3.26. The summed E-state index contributed by atoms with van der Waals surface area (Å²) in [4.78, 5) is 35.8. The predicted molar refractivity (Wildman–Crippen MR) is 82.8 cm³/mol. The molecule has 120 valence electrons. The van der Waals surface area contributed by atoms with Crippen LogP contribution in [-0.2, 0) is 9.53 Å². The third-order valence-corrected chi connectivity index (χ3v) is 3.46. The maximum atomic E-state index is 11.8. The Morgan fingerprint density at radius 3 is 2.48 bits per heavy atom. The fraction of sp³-hybridized carbons (Fsp3) is 0.133. The van der Waals surface area contributed by atoms with Crippen molar-refractivity contribution in [1.29, 1.82) is 0 Å². The Balaban J connectivity index is 1.75. The number of furan rings is 1. The lowest BCUT2D eigenvalue weighted by Crippen LogP contribution is -2.43. The van der Waals surface area contributed by atoms with Crippen molar-refractivity contribution in [2.45, 2.75) is 4.90 Å². The Kier molecular flexibility index (Phi) is 5.81.